The fraction of sp³-hybridized carbons (Fsp3) is 0.200. The van der Waals surface area contributed by atoms with Crippen molar-refractivity contribution in [3.8, 4) is 5.75 Å². The standard InChI is InChI=1S/C15H14Br2FNO/c1-19-8-10-2-5-15(13(17)6-10)20-9-11-7-12(16)3-4-14(11)18/h2-7,19H,8-9H2,1H3. The Bertz CT molecular complexity index is 604. The highest BCUT2D eigenvalue weighted by atomic mass is 79.9. The number of hydrogen-bond donors (Lipinski definition) is 1. The average Bonchev–Trinajstić information content (AvgIpc) is 2.42. The molecule has 0 aliphatic carbocycles. The zero-order valence-corrected chi connectivity index (χ0v) is 14.1. The summed E-state index contributed by atoms with van der Waals surface area (Å²) in [5, 5.41) is 3.09. The Hall–Kier alpha value is -0.910. The summed E-state index contributed by atoms with van der Waals surface area (Å²) in [6, 6.07) is 10.7. The highest BCUT2D eigenvalue weighted by Crippen LogP contribution is 2.27. The number of nitrogens with one attached hydrogen (secondary N) is 1. The van der Waals surface area contributed by atoms with Crippen molar-refractivity contribution in [2.45, 2.75) is 13.2 Å². The maximum atomic E-state index is 13.6. The van der Waals surface area contributed by atoms with Crippen LogP contribution in [0.25, 0.3) is 0 Å². The molecular weight excluding hydrogens is 389 g/mol. The summed E-state index contributed by atoms with van der Waals surface area (Å²) in [6.07, 6.45) is 0. The van der Waals surface area contributed by atoms with Gasteiger partial charge in [-0.25, -0.2) is 4.39 Å². The molecule has 5 heteroatoms. The summed E-state index contributed by atoms with van der Waals surface area (Å²) in [6.45, 7) is 0.981. The zero-order chi connectivity index (χ0) is 14.5. The van der Waals surface area contributed by atoms with Crippen LogP contribution in [0.2, 0.25) is 0 Å². The zero-order valence-electron chi connectivity index (χ0n) is 10.9. The van der Waals surface area contributed by atoms with Gasteiger partial charge in [-0.3, -0.25) is 0 Å². The molecule has 2 rings (SSSR count). The molecule has 0 fully saturated rings. The van der Waals surface area contributed by atoms with E-state index in [2.05, 4.69) is 37.2 Å². The van der Waals surface area contributed by atoms with Crippen LogP contribution in [-0.2, 0) is 13.2 Å². The van der Waals surface area contributed by atoms with Gasteiger partial charge in [-0.1, -0.05) is 22.0 Å². The minimum atomic E-state index is -0.267. The van der Waals surface area contributed by atoms with E-state index in [0.29, 0.717) is 11.3 Å². The van der Waals surface area contributed by atoms with Crippen molar-refractivity contribution in [3.63, 3.8) is 0 Å². The fourth-order valence-electron chi connectivity index (χ4n) is 1.78. The maximum Gasteiger partial charge on any atom is 0.134 e. The quantitative estimate of drug-likeness (QED) is 0.785. The maximum absolute atomic E-state index is 13.6. The molecule has 2 nitrogen and oxygen atoms in total. The van der Waals surface area contributed by atoms with Crippen LogP contribution in [0.5, 0.6) is 5.75 Å². The lowest BCUT2D eigenvalue weighted by atomic mass is 10.2. The van der Waals surface area contributed by atoms with Crippen LogP contribution >= 0.6 is 31.9 Å². The Balaban J connectivity index is 2.09. The molecule has 0 heterocycles. The van der Waals surface area contributed by atoms with Crippen molar-refractivity contribution < 1.29 is 9.13 Å². The Morgan fingerprint density at radius 3 is 2.65 bits per heavy atom. The fourth-order valence-corrected chi connectivity index (χ4v) is 2.73. The van der Waals surface area contributed by atoms with Crippen LogP contribution in [0.3, 0.4) is 0 Å². The van der Waals surface area contributed by atoms with Gasteiger partial charge in [0.2, 0.25) is 0 Å². The Morgan fingerprint density at radius 2 is 1.95 bits per heavy atom. The van der Waals surface area contributed by atoms with Crippen molar-refractivity contribution in [1.29, 1.82) is 0 Å². The third-order valence-electron chi connectivity index (χ3n) is 2.77. The molecule has 2 aromatic rings. The molecule has 20 heavy (non-hydrogen) atoms. The predicted molar refractivity (Wildman–Crippen MR) is 85.3 cm³/mol. The first-order valence-electron chi connectivity index (χ1n) is 6.10. The molecule has 1 N–H and O–H groups in total. The molecule has 0 spiro atoms. The largest absolute Gasteiger partial charge is 0.488 e. The molecule has 0 atom stereocenters. The van der Waals surface area contributed by atoms with Crippen LogP contribution in [0.4, 0.5) is 4.39 Å². The highest BCUT2D eigenvalue weighted by Gasteiger charge is 2.06. The van der Waals surface area contributed by atoms with Crippen LogP contribution in [0, 0.1) is 5.82 Å². The lowest BCUT2D eigenvalue weighted by Gasteiger charge is -2.10. The van der Waals surface area contributed by atoms with Gasteiger partial charge < -0.3 is 10.1 Å². The second kappa shape index (κ2) is 7.20. The van der Waals surface area contributed by atoms with Crippen molar-refractivity contribution in [1.82, 2.24) is 5.32 Å². The molecule has 0 amide bonds. The first kappa shape index (κ1) is 15.5. The minimum Gasteiger partial charge on any atom is -0.488 e. The summed E-state index contributed by atoms with van der Waals surface area (Å²) in [5.41, 5.74) is 1.67. The number of ether oxygens (including phenoxy) is 1. The lowest BCUT2D eigenvalue weighted by Crippen LogP contribution is -2.05. The van der Waals surface area contributed by atoms with Crippen molar-refractivity contribution in [3.05, 3.63) is 62.3 Å². The summed E-state index contributed by atoms with van der Waals surface area (Å²) in [7, 11) is 1.90. The summed E-state index contributed by atoms with van der Waals surface area (Å²) < 4.78 is 21.0. The van der Waals surface area contributed by atoms with Gasteiger partial charge in [-0.05, 0) is 58.9 Å². The van der Waals surface area contributed by atoms with Gasteiger partial charge in [-0.15, -0.1) is 0 Å². The molecule has 2 aromatic carbocycles. The SMILES string of the molecule is CNCc1ccc(OCc2cc(Br)ccc2F)c(Br)c1. The van der Waals surface area contributed by atoms with E-state index < -0.39 is 0 Å². The number of halogens is 3. The number of benzene rings is 2. The smallest absolute Gasteiger partial charge is 0.134 e. The minimum absolute atomic E-state index is 0.190. The van der Waals surface area contributed by atoms with E-state index in [1.165, 1.54) is 6.07 Å². The topological polar surface area (TPSA) is 21.3 Å². The molecule has 106 valence electrons. The van der Waals surface area contributed by atoms with Crippen molar-refractivity contribution in [2.75, 3.05) is 7.05 Å². The van der Waals surface area contributed by atoms with Crippen molar-refractivity contribution >= 4 is 31.9 Å². The molecular formula is C15H14Br2FNO. The average molecular weight is 403 g/mol. The van der Waals surface area contributed by atoms with E-state index in [0.717, 1.165) is 21.1 Å². The van der Waals surface area contributed by atoms with E-state index in [4.69, 9.17) is 4.74 Å². The van der Waals surface area contributed by atoms with Gasteiger partial charge in [0.15, 0.2) is 0 Å². The highest BCUT2D eigenvalue weighted by molar-refractivity contribution is 9.10. The molecule has 0 bridgehead atoms. The second-order valence-corrected chi connectivity index (χ2v) is 6.09. The van der Waals surface area contributed by atoms with Gasteiger partial charge in [0.1, 0.15) is 18.2 Å². The Morgan fingerprint density at radius 1 is 1.15 bits per heavy atom. The molecule has 0 saturated carbocycles. The van der Waals surface area contributed by atoms with Crippen LogP contribution < -0.4 is 10.1 Å². The van der Waals surface area contributed by atoms with E-state index in [1.54, 1.807) is 12.1 Å². The van der Waals surface area contributed by atoms with Gasteiger partial charge in [-0.2, -0.15) is 0 Å². The molecule has 0 radical (unpaired) electrons. The molecule has 0 aliphatic heterocycles. The second-order valence-electron chi connectivity index (χ2n) is 4.32. The van der Waals surface area contributed by atoms with Gasteiger partial charge >= 0.3 is 0 Å². The van der Waals surface area contributed by atoms with Gasteiger partial charge in [0, 0.05) is 16.6 Å². The van der Waals surface area contributed by atoms with Gasteiger partial charge in [0.05, 0.1) is 4.47 Å². The molecule has 0 saturated heterocycles. The van der Waals surface area contributed by atoms with E-state index in [9.17, 15) is 4.39 Å². The van der Waals surface area contributed by atoms with Crippen LogP contribution in [0.1, 0.15) is 11.1 Å². The Kier molecular flexibility index (Phi) is 5.57. The van der Waals surface area contributed by atoms with Gasteiger partial charge in [0.25, 0.3) is 0 Å². The number of hydrogen-bond acceptors (Lipinski definition) is 2. The van der Waals surface area contributed by atoms with Crippen LogP contribution in [0.15, 0.2) is 45.3 Å². The monoisotopic (exact) mass is 401 g/mol. The van der Waals surface area contributed by atoms with E-state index in [1.807, 2.05) is 25.2 Å². The third kappa shape index (κ3) is 4.04. The molecule has 0 aromatic heterocycles. The number of rotatable bonds is 5. The molecule has 0 aliphatic rings. The third-order valence-corrected chi connectivity index (χ3v) is 3.88. The normalized spacial score (nSPS) is 10.6. The Labute approximate surface area is 134 Å². The van der Waals surface area contributed by atoms with Crippen LogP contribution in [-0.4, -0.2) is 7.05 Å². The summed E-state index contributed by atoms with van der Waals surface area (Å²) in [5.74, 6) is 0.431. The summed E-state index contributed by atoms with van der Waals surface area (Å²) >= 11 is 6.79. The predicted octanol–water partition coefficient (Wildman–Crippen LogP) is 4.65. The first-order chi connectivity index (χ1) is 9.60. The van der Waals surface area contributed by atoms with E-state index in [-0.39, 0.29) is 12.4 Å². The van der Waals surface area contributed by atoms with E-state index >= 15 is 0 Å². The van der Waals surface area contributed by atoms with Crippen molar-refractivity contribution in [2.24, 2.45) is 0 Å². The first-order valence-corrected chi connectivity index (χ1v) is 7.68. The summed E-state index contributed by atoms with van der Waals surface area (Å²) in [4.78, 5) is 0. The lowest BCUT2D eigenvalue weighted by molar-refractivity contribution is 0.298. The molecule has 0 unspecified atom stereocenters.